The van der Waals surface area contributed by atoms with Gasteiger partial charge in [0.15, 0.2) is 0 Å². The molecule has 0 unspecified atom stereocenters. The number of hydrogen-bond acceptors (Lipinski definition) is 4. The summed E-state index contributed by atoms with van der Waals surface area (Å²) in [4.78, 5) is 11.7. The normalized spacial score (nSPS) is 10.3. The molecule has 0 spiro atoms. The quantitative estimate of drug-likeness (QED) is 0.936. The second-order valence-corrected chi connectivity index (χ2v) is 4.96. The average molecular weight is 330 g/mol. The fourth-order valence-corrected chi connectivity index (χ4v) is 2.29. The highest BCUT2D eigenvalue weighted by atomic mass is 79.9. The minimum absolute atomic E-state index is 0.00910. The fraction of sp³-hybridized carbons (Fsp3) is 0.182. The Kier molecular flexibility index (Phi) is 4.38. The van der Waals surface area contributed by atoms with E-state index in [1.54, 1.807) is 18.3 Å². The predicted octanol–water partition coefficient (Wildman–Crippen LogP) is 2.30. The van der Waals surface area contributed by atoms with E-state index in [0.717, 1.165) is 11.7 Å². The number of carbonyl (C=O) groups is 1. The summed E-state index contributed by atoms with van der Waals surface area (Å²) in [5.74, 6) is -0.649. The van der Waals surface area contributed by atoms with Crippen molar-refractivity contribution >= 4 is 33.6 Å². The molecule has 7 heteroatoms. The first-order chi connectivity index (χ1) is 8.66. The van der Waals surface area contributed by atoms with Crippen LogP contribution in [0.3, 0.4) is 0 Å². The number of rotatable bonds is 4. The van der Waals surface area contributed by atoms with Crippen LogP contribution in [0.5, 0.6) is 0 Å². The van der Waals surface area contributed by atoms with Crippen LogP contribution in [0.15, 0.2) is 28.9 Å². The predicted molar refractivity (Wildman–Crippen MR) is 69.6 cm³/mol. The Morgan fingerprint density at radius 1 is 1.50 bits per heavy atom. The average Bonchev–Trinajstić information content (AvgIpc) is 2.84. The maximum atomic E-state index is 13.5. The molecule has 1 amide bonds. The number of aromatic nitrogens is 2. The van der Waals surface area contributed by atoms with E-state index in [4.69, 9.17) is 0 Å². The molecule has 2 rings (SSSR count). The molecule has 0 aliphatic heterocycles. The Balaban J connectivity index is 1.95. The first-order valence-electron chi connectivity index (χ1n) is 5.13. The molecule has 4 nitrogen and oxygen atoms in total. The Morgan fingerprint density at radius 2 is 2.33 bits per heavy atom. The maximum absolute atomic E-state index is 13.5. The van der Waals surface area contributed by atoms with Crippen LogP contribution in [0.1, 0.15) is 11.3 Å². The van der Waals surface area contributed by atoms with Gasteiger partial charge in [-0.3, -0.25) is 4.79 Å². The van der Waals surface area contributed by atoms with Crippen molar-refractivity contribution in [1.82, 2.24) is 14.1 Å². The number of benzene rings is 1. The largest absolute Gasteiger partial charge is 0.350 e. The second-order valence-electron chi connectivity index (χ2n) is 3.55. The Hall–Kier alpha value is -1.34. The summed E-state index contributed by atoms with van der Waals surface area (Å²) in [6.45, 7) is 0.307. The van der Waals surface area contributed by atoms with Gasteiger partial charge in [0, 0.05) is 10.0 Å². The lowest BCUT2D eigenvalue weighted by Crippen LogP contribution is -2.25. The number of hydrogen-bond donors (Lipinski definition) is 1. The van der Waals surface area contributed by atoms with E-state index in [2.05, 4.69) is 30.0 Å². The van der Waals surface area contributed by atoms with E-state index in [1.807, 2.05) is 0 Å². The molecule has 0 bridgehead atoms. The Bertz CT molecular complexity index is 527. The molecule has 0 saturated heterocycles. The Morgan fingerprint density at radius 3 is 3.00 bits per heavy atom. The highest BCUT2D eigenvalue weighted by molar-refractivity contribution is 9.10. The van der Waals surface area contributed by atoms with Gasteiger partial charge in [-0.1, -0.05) is 22.0 Å². The zero-order chi connectivity index (χ0) is 13.0. The molecule has 94 valence electrons. The number of halogens is 2. The molecule has 2 aromatic rings. The van der Waals surface area contributed by atoms with Crippen LogP contribution in [0.2, 0.25) is 0 Å². The molecule has 0 atom stereocenters. The maximum Gasteiger partial charge on any atom is 0.224 e. The van der Waals surface area contributed by atoms with Crippen LogP contribution in [-0.4, -0.2) is 14.7 Å². The smallest absolute Gasteiger partial charge is 0.224 e. The molecule has 1 aromatic heterocycles. The second kappa shape index (κ2) is 6.01. The first-order valence-corrected chi connectivity index (χ1v) is 6.65. The minimum Gasteiger partial charge on any atom is -0.350 e. The van der Waals surface area contributed by atoms with E-state index in [-0.39, 0.29) is 12.3 Å². The first kappa shape index (κ1) is 13.1. The van der Waals surface area contributed by atoms with Crippen molar-refractivity contribution in [3.8, 4) is 0 Å². The minimum atomic E-state index is -0.394. The van der Waals surface area contributed by atoms with Crippen LogP contribution in [0.4, 0.5) is 4.39 Å². The van der Waals surface area contributed by atoms with Gasteiger partial charge in [0.1, 0.15) is 5.82 Å². The molecule has 0 radical (unpaired) electrons. The molecule has 0 saturated carbocycles. The summed E-state index contributed by atoms with van der Waals surface area (Å²) in [5.41, 5.74) is 1.05. The van der Waals surface area contributed by atoms with Crippen LogP contribution >= 0.6 is 27.7 Å². The van der Waals surface area contributed by atoms with E-state index in [9.17, 15) is 9.18 Å². The highest BCUT2D eigenvalue weighted by Crippen LogP contribution is 2.19. The summed E-state index contributed by atoms with van der Waals surface area (Å²) in [5, 5.41) is 2.67. The highest BCUT2D eigenvalue weighted by Gasteiger charge is 2.11. The summed E-state index contributed by atoms with van der Waals surface area (Å²) >= 11 is 4.31. The van der Waals surface area contributed by atoms with Gasteiger partial charge in [-0.25, -0.2) is 4.39 Å². The molecule has 1 N–H and O–H groups in total. The van der Waals surface area contributed by atoms with Gasteiger partial charge >= 0.3 is 0 Å². The van der Waals surface area contributed by atoms with Crippen molar-refractivity contribution in [2.24, 2.45) is 0 Å². The van der Waals surface area contributed by atoms with Gasteiger partial charge in [-0.15, -0.1) is 0 Å². The molecule has 0 fully saturated rings. The van der Waals surface area contributed by atoms with Crippen molar-refractivity contribution in [2.45, 2.75) is 13.0 Å². The molecule has 1 heterocycles. The zero-order valence-corrected chi connectivity index (χ0v) is 11.6. The SMILES string of the molecule is O=C(Cc1c(F)cccc1Br)NCc1cnsn1. The standard InChI is InChI=1S/C11H9BrFN3OS/c12-9-2-1-3-10(13)8(9)4-11(17)14-5-7-6-15-18-16-7/h1-3,6H,4-5H2,(H,14,17). The number of amides is 1. The van der Waals surface area contributed by atoms with E-state index in [1.165, 1.54) is 6.07 Å². The van der Waals surface area contributed by atoms with Crippen molar-refractivity contribution < 1.29 is 9.18 Å². The zero-order valence-electron chi connectivity index (χ0n) is 9.19. The molecular weight excluding hydrogens is 321 g/mol. The molecule has 0 aliphatic rings. The molecule has 18 heavy (non-hydrogen) atoms. The topological polar surface area (TPSA) is 54.9 Å². The summed E-state index contributed by atoms with van der Waals surface area (Å²) in [7, 11) is 0. The van der Waals surface area contributed by atoms with Crippen LogP contribution in [0.25, 0.3) is 0 Å². The van der Waals surface area contributed by atoms with Gasteiger partial charge in [-0.05, 0) is 12.1 Å². The van der Waals surface area contributed by atoms with Gasteiger partial charge in [0.05, 0.1) is 36.6 Å². The third kappa shape index (κ3) is 3.33. The van der Waals surface area contributed by atoms with E-state index in [0.29, 0.717) is 22.3 Å². The van der Waals surface area contributed by atoms with E-state index >= 15 is 0 Å². The number of nitrogens with zero attached hydrogens (tertiary/aromatic N) is 2. The third-order valence-corrected chi connectivity index (χ3v) is 3.53. The molecular formula is C11H9BrFN3OS. The number of carbonyl (C=O) groups excluding carboxylic acids is 1. The van der Waals surface area contributed by atoms with Crippen molar-refractivity contribution in [1.29, 1.82) is 0 Å². The van der Waals surface area contributed by atoms with Crippen molar-refractivity contribution in [3.63, 3.8) is 0 Å². The van der Waals surface area contributed by atoms with Gasteiger partial charge in [-0.2, -0.15) is 8.75 Å². The van der Waals surface area contributed by atoms with E-state index < -0.39 is 5.82 Å². The van der Waals surface area contributed by atoms with Gasteiger partial charge < -0.3 is 5.32 Å². The Labute approximate surface area is 116 Å². The van der Waals surface area contributed by atoms with Gasteiger partial charge in [0.25, 0.3) is 0 Å². The lowest BCUT2D eigenvalue weighted by molar-refractivity contribution is -0.120. The monoisotopic (exact) mass is 329 g/mol. The fourth-order valence-electron chi connectivity index (χ4n) is 1.38. The summed E-state index contributed by atoms with van der Waals surface area (Å²) < 4.78 is 21.9. The lowest BCUT2D eigenvalue weighted by Gasteiger charge is -2.06. The van der Waals surface area contributed by atoms with Crippen molar-refractivity contribution in [2.75, 3.05) is 0 Å². The molecule has 0 aliphatic carbocycles. The van der Waals surface area contributed by atoms with Gasteiger partial charge in [0.2, 0.25) is 5.91 Å². The summed E-state index contributed by atoms with van der Waals surface area (Å²) in [6.07, 6.45) is 1.58. The van der Waals surface area contributed by atoms with Crippen molar-refractivity contribution in [3.05, 3.63) is 45.9 Å². The lowest BCUT2D eigenvalue weighted by atomic mass is 10.1. The summed E-state index contributed by atoms with van der Waals surface area (Å²) in [6, 6.07) is 4.62. The molecule has 1 aromatic carbocycles. The number of nitrogens with one attached hydrogen (secondary N) is 1. The van der Waals surface area contributed by atoms with Crippen LogP contribution < -0.4 is 5.32 Å². The van der Waals surface area contributed by atoms with Crippen LogP contribution in [0, 0.1) is 5.82 Å². The van der Waals surface area contributed by atoms with Crippen LogP contribution in [-0.2, 0) is 17.8 Å². The third-order valence-electron chi connectivity index (χ3n) is 2.27.